The number of carbonyl (C=O) groups excluding carboxylic acids is 4. The van der Waals surface area contributed by atoms with Crippen LogP contribution in [0.3, 0.4) is 0 Å². The molecule has 6 aromatic carbocycles. The topological polar surface area (TPSA) is 503 Å². The number of primary amides is 3. The maximum Gasteiger partial charge on any atom is 1.00 e. The second-order valence-electron chi connectivity index (χ2n) is 26.1. The summed E-state index contributed by atoms with van der Waals surface area (Å²) in [5, 5.41) is 10.1. The van der Waals surface area contributed by atoms with Gasteiger partial charge in [-0.15, -0.1) is 0 Å². The van der Waals surface area contributed by atoms with Gasteiger partial charge >= 0.3 is 29.6 Å². The van der Waals surface area contributed by atoms with Gasteiger partial charge in [0.2, 0.25) is 15.5 Å². The molecule has 0 aliphatic carbocycles. The molecule has 0 bridgehead atoms. The number of aromatic nitrogens is 10. The van der Waals surface area contributed by atoms with Crippen LogP contribution in [0.5, 0.6) is 51.7 Å². The standard InChI is InChI=1S/C27H29N5O9S2.C27H24N4O7S2.C25H26N4O7S2.Na/c1-15-11-30-20(16(2)26(15)39-4)14-42(35)27-31-19-9-17(38-3)5-7-21(19)32(27)43(36,37)18-6-8-22(40-12-24(28)33)23(10-18)41-13-25(29)34;1-18-23(28-12-11-25(18)37-2)17-39(34)27-29-22-15-19(30-13-3-4-14-30)5-10-24(22)31(27)40(35,36)21-8-6-20(7-9-21)38-16-26(32)33;1-15-12-27-21(16(2)24(15)35-4)14-37(31)25-28-20-11-18(34-3)7-10-22(20)29(25)38(32,33)19-8-5-17(6-9-19)36-13-23(26)30;/h5-11H,12-14H2,1-4H3,(H2,28,33)(H2,29,34);3-15H,16-17H2,1-2H3,(H,32,33);5-12H,13-14H2,1-4H3,(H2,26,30);/q;;;+1/p-1. The number of hydrogen-bond acceptors (Lipinski definition) is 29. The number of imidazole rings is 3. The van der Waals surface area contributed by atoms with Crippen LogP contribution >= 0.6 is 0 Å². The predicted molar refractivity (Wildman–Crippen MR) is 440 cm³/mol. The van der Waals surface area contributed by atoms with Crippen LogP contribution in [0.2, 0.25) is 0 Å². The second-order valence-corrected chi connectivity index (χ2v) is 35.5. The van der Waals surface area contributed by atoms with Crippen molar-refractivity contribution >= 4 is 119 Å². The van der Waals surface area contributed by atoms with Gasteiger partial charge in [-0.1, -0.05) is 0 Å². The minimum atomic E-state index is -4.52. The van der Waals surface area contributed by atoms with Gasteiger partial charge in [-0.3, -0.25) is 42.0 Å². The van der Waals surface area contributed by atoms with Crippen LogP contribution in [0.25, 0.3) is 38.8 Å². The summed E-state index contributed by atoms with van der Waals surface area (Å²) in [6.45, 7) is 6.87. The van der Waals surface area contributed by atoms with Gasteiger partial charge in [0.25, 0.3) is 47.8 Å². The fourth-order valence-electron chi connectivity index (χ4n) is 12.2. The van der Waals surface area contributed by atoms with E-state index in [-0.39, 0.29) is 129 Å². The van der Waals surface area contributed by atoms with Gasteiger partial charge < -0.3 is 74.3 Å². The molecule has 7 aromatic heterocycles. The molecule has 0 spiro atoms. The van der Waals surface area contributed by atoms with Crippen LogP contribution in [0.1, 0.15) is 44.9 Å². The van der Waals surface area contributed by atoms with E-state index in [0.717, 1.165) is 34.8 Å². The average Bonchev–Trinajstić information content (AvgIpc) is 1.59. The van der Waals surface area contributed by atoms with E-state index in [0.29, 0.717) is 73.6 Å². The zero-order valence-electron chi connectivity index (χ0n) is 67.2. The van der Waals surface area contributed by atoms with Crippen molar-refractivity contribution in [2.24, 2.45) is 17.2 Å². The Hall–Kier alpha value is -12.2. The normalized spacial score (nSPS) is 12.1. The molecule has 0 saturated heterocycles. The molecule has 3 atom stereocenters. The molecule has 43 heteroatoms. The van der Waals surface area contributed by atoms with Gasteiger partial charge in [-0.25, -0.2) is 52.1 Å². The Morgan fingerprint density at radius 3 is 1.20 bits per heavy atom. The predicted octanol–water partition coefficient (Wildman–Crippen LogP) is 3.03. The van der Waals surface area contributed by atoms with Gasteiger partial charge in [0.1, 0.15) is 46.9 Å². The van der Waals surface area contributed by atoms with Gasteiger partial charge in [0.15, 0.2) is 31.3 Å². The van der Waals surface area contributed by atoms with Crippen molar-refractivity contribution in [3.05, 3.63) is 215 Å². The Morgan fingerprint density at radius 2 is 0.787 bits per heavy atom. The largest absolute Gasteiger partial charge is 1.00 e. The summed E-state index contributed by atoms with van der Waals surface area (Å²) >= 11 is 0. The van der Waals surface area contributed by atoms with Crippen molar-refractivity contribution in [1.29, 1.82) is 0 Å². The molecule has 0 aliphatic heterocycles. The molecule has 36 nitrogen and oxygen atoms in total. The van der Waals surface area contributed by atoms with E-state index >= 15 is 0 Å². The Morgan fingerprint density at radius 1 is 0.410 bits per heavy atom. The number of carboxylic acid groups (broad SMARTS) is 1. The van der Waals surface area contributed by atoms with Crippen LogP contribution in [0, 0.1) is 34.6 Å². The Bertz CT molecular complexity index is 6590. The first kappa shape index (κ1) is 92.1. The third-order valence-corrected chi connectivity index (χ3v) is 27.2. The minimum absolute atomic E-state index is 0. The second kappa shape index (κ2) is 39.6. The van der Waals surface area contributed by atoms with Crippen LogP contribution in [0.15, 0.2) is 201 Å². The number of aliphatic carboxylic acids is 1. The number of hydrogen-bond donors (Lipinski definition) is 3. The molecule has 7 heterocycles. The first-order valence-corrected chi connectivity index (χ1v) is 44.0. The van der Waals surface area contributed by atoms with Crippen molar-refractivity contribution < 1.29 is 134 Å². The van der Waals surface area contributed by atoms with E-state index in [1.807, 2.05) is 42.9 Å². The molecule has 3 unspecified atom stereocenters. The summed E-state index contributed by atoms with van der Waals surface area (Å²) in [7, 11) is -11.4. The summed E-state index contributed by atoms with van der Waals surface area (Å²) < 4.78 is 178. The SMILES string of the molecule is COc1ccc2c(c1)nc(S(=O)Cc1ncc(C)c(OC)c1C)n2S(=O)(=O)c1ccc(OCC(N)=O)c(OCC(N)=O)c1.COc1ccc2c(c1)nc(S(=O)Cc1ncc(C)c(OC)c1C)n2S(=O)(=O)c1ccc(OCC(N)=O)cc1.COc1ccnc(CS(=O)c2nc3cc(-n4cccc4)ccc3n2S(=O)(=O)c2ccc(OCC(=O)[O-])cc2)c1C.[Na+]. The van der Waals surface area contributed by atoms with Gasteiger partial charge in [-0.05, 0) is 156 Å². The van der Waals surface area contributed by atoms with Crippen molar-refractivity contribution in [1.82, 2.24) is 46.4 Å². The summed E-state index contributed by atoms with van der Waals surface area (Å²) in [5.74, 6) is -1.23. The van der Waals surface area contributed by atoms with Crippen LogP contribution in [-0.4, -0.2) is 170 Å². The Balaban J connectivity index is 0.000000191. The molecule has 3 amide bonds. The molecule has 0 fully saturated rings. The molecule has 6 N–H and O–H groups in total. The molecule has 0 radical (unpaired) electrons. The smallest absolute Gasteiger partial charge is 0.546 e. The number of nitrogens with two attached hydrogens (primary N) is 3. The fourth-order valence-corrected chi connectivity index (χ4v) is 21.4. The molecule has 13 rings (SSSR count). The number of benzene rings is 6. The number of fused-ring (bicyclic) bond motifs is 3. The average molecular weight is 1790 g/mol. The molecule has 634 valence electrons. The van der Waals surface area contributed by atoms with Crippen LogP contribution < -0.4 is 94.5 Å². The summed E-state index contributed by atoms with van der Waals surface area (Å²) in [6, 6.07) is 33.9. The zero-order valence-corrected chi connectivity index (χ0v) is 74.1. The van der Waals surface area contributed by atoms with Crippen LogP contribution in [-0.2, 0) is 98.9 Å². The first-order valence-electron chi connectivity index (χ1n) is 35.7. The van der Waals surface area contributed by atoms with Crippen molar-refractivity contribution in [3.63, 3.8) is 0 Å². The van der Waals surface area contributed by atoms with Gasteiger partial charge in [0, 0.05) is 82.7 Å². The number of carbonyl (C=O) groups is 4. The maximum absolute atomic E-state index is 14.2. The van der Waals surface area contributed by atoms with E-state index in [2.05, 4.69) is 29.9 Å². The van der Waals surface area contributed by atoms with Gasteiger partial charge in [-0.2, -0.15) is 0 Å². The minimum Gasteiger partial charge on any atom is -0.546 e. The quantitative estimate of drug-likeness (QED) is 0.0498. The molecule has 0 saturated carbocycles. The van der Waals surface area contributed by atoms with Crippen molar-refractivity contribution in [2.45, 2.75) is 82.0 Å². The third kappa shape index (κ3) is 20.5. The van der Waals surface area contributed by atoms with Crippen LogP contribution in [0.4, 0.5) is 0 Å². The third-order valence-electron chi connectivity index (χ3n) is 18.1. The van der Waals surface area contributed by atoms with Gasteiger partial charge in [0.05, 0.1) is 156 Å². The number of ether oxygens (including phenoxy) is 9. The first-order chi connectivity index (χ1) is 57.6. The number of rotatable bonds is 33. The van der Waals surface area contributed by atoms with E-state index in [4.69, 9.17) is 59.8 Å². The summed E-state index contributed by atoms with van der Waals surface area (Å²) in [6.07, 6.45) is 8.42. The van der Waals surface area contributed by atoms with Crippen molar-refractivity contribution in [2.75, 3.05) is 62.0 Å². The van der Waals surface area contributed by atoms with E-state index in [1.165, 1.54) is 107 Å². The fraction of sp³-hybridized carbons (Fsp3) is 0.215. The molecular formula is C79H78N13NaO23S6. The van der Waals surface area contributed by atoms with E-state index in [9.17, 15) is 62.2 Å². The number of carboxylic acids is 1. The number of aryl methyl sites for hydroxylation is 2. The monoisotopic (exact) mass is 1790 g/mol. The molecule has 0 aliphatic rings. The maximum atomic E-state index is 14.2. The Kier molecular flexibility index (Phi) is 29.9. The zero-order chi connectivity index (χ0) is 87.5. The number of amides is 3. The van der Waals surface area contributed by atoms with E-state index in [1.54, 1.807) is 88.8 Å². The molecular weight excluding hydrogens is 1710 g/mol. The number of methoxy groups -OCH3 is 5. The Labute approximate surface area is 728 Å². The summed E-state index contributed by atoms with van der Waals surface area (Å²) in [4.78, 5) is 70.2. The summed E-state index contributed by atoms with van der Waals surface area (Å²) in [5.41, 5.74) is 22.7. The number of nitrogens with zero attached hydrogens (tertiary/aromatic N) is 10. The molecule has 122 heavy (non-hydrogen) atoms. The van der Waals surface area contributed by atoms with E-state index < -0.39 is 106 Å². The number of pyridine rings is 3. The molecule has 13 aromatic rings. The van der Waals surface area contributed by atoms with Crippen molar-refractivity contribution in [3.8, 4) is 57.4 Å².